The number of aromatic nitrogens is 3. The smallest absolute Gasteiger partial charge is 0.274 e. The van der Waals surface area contributed by atoms with E-state index in [2.05, 4.69) is 9.97 Å². The van der Waals surface area contributed by atoms with Crippen LogP contribution in [0.5, 0.6) is 0 Å². The number of amides is 1. The zero-order valence-corrected chi connectivity index (χ0v) is 15.6. The van der Waals surface area contributed by atoms with Gasteiger partial charge in [0.2, 0.25) is 0 Å². The molecular weight excluding hydrogens is 360 g/mol. The molecule has 0 saturated carbocycles. The van der Waals surface area contributed by atoms with Gasteiger partial charge in [-0.3, -0.25) is 4.79 Å². The number of nitrogens with zero attached hydrogens (tertiary/aromatic N) is 3. The number of likely N-dealkylation sites (tertiary alicyclic amines) is 1. The van der Waals surface area contributed by atoms with E-state index in [0.29, 0.717) is 18.0 Å². The Labute approximate surface area is 159 Å². The summed E-state index contributed by atoms with van der Waals surface area (Å²) in [6, 6.07) is 11.6. The zero-order valence-electron chi connectivity index (χ0n) is 14.8. The van der Waals surface area contributed by atoms with Crippen molar-refractivity contribution >= 4 is 28.3 Å². The lowest BCUT2D eigenvalue weighted by Gasteiger charge is -2.22. The highest BCUT2D eigenvalue weighted by molar-refractivity contribution is 7.15. The van der Waals surface area contributed by atoms with Crippen molar-refractivity contribution in [1.29, 1.82) is 0 Å². The van der Waals surface area contributed by atoms with Crippen molar-refractivity contribution in [2.24, 2.45) is 0 Å². The number of furan rings is 1. The number of aryl methyl sites for hydroxylation is 1. The molecular formula is C20H18N4O2S. The van der Waals surface area contributed by atoms with Gasteiger partial charge in [-0.15, -0.1) is 11.3 Å². The minimum atomic E-state index is -0.0435. The number of aromatic amines is 1. The number of para-hydroxylation sites is 2. The van der Waals surface area contributed by atoms with Crippen LogP contribution in [0.4, 0.5) is 0 Å². The van der Waals surface area contributed by atoms with Crippen LogP contribution in [0.2, 0.25) is 0 Å². The summed E-state index contributed by atoms with van der Waals surface area (Å²) in [5.74, 6) is 1.50. The molecule has 1 aliphatic rings. The quantitative estimate of drug-likeness (QED) is 0.567. The molecule has 1 saturated heterocycles. The third kappa shape index (κ3) is 2.75. The van der Waals surface area contributed by atoms with Gasteiger partial charge in [0.25, 0.3) is 5.91 Å². The fraction of sp³-hybridized carbons (Fsp3) is 0.250. The Balaban J connectivity index is 1.47. The maximum Gasteiger partial charge on any atom is 0.274 e. The molecule has 1 aliphatic heterocycles. The Hall–Kier alpha value is -2.93. The van der Waals surface area contributed by atoms with Crippen LogP contribution < -0.4 is 0 Å². The Morgan fingerprint density at radius 1 is 1.26 bits per heavy atom. The second-order valence-electron chi connectivity index (χ2n) is 6.70. The van der Waals surface area contributed by atoms with Crippen LogP contribution >= 0.6 is 11.3 Å². The molecule has 5 rings (SSSR count). The molecule has 1 amide bonds. The van der Waals surface area contributed by atoms with Crippen LogP contribution in [0.1, 0.15) is 40.1 Å². The minimum Gasteiger partial charge on any atom is -0.462 e. The molecule has 0 radical (unpaired) electrons. The SMILES string of the molecule is Cc1sc(-c2ccco2)nc1C(=O)N1CCCC1c1nc2ccccc2[nH]1. The molecule has 3 aromatic heterocycles. The van der Waals surface area contributed by atoms with E-state index in [4.69, 9.17) is 9.40 Å². The molecule has 7 heteroatoms. The van der Waals surface area contributed by atoms with Crippen molar-refractivity contribution in [3.8, 4) is 10.8 Å². The third-order valence-electron chi connectivity index (χ3n) is 4.97. The Bertz CT molecular complexity index is 1080. The molecule has 4 heterocycles. The highest BCUT2D eigenvalue weighted by Gasteiger charge is 2.34. The minimum absolute atomic E-state index is 0.0375. The van der Waals surface area contributed by atoms with Crippen LogP contribution in [0, 0.1) is 6.92 Å². The summed E-state index contributed by atoms with van der Waals surface area (Å²) in [6.07, 6.45) is 3.48. The van der Waals surface area contributed by atoms with Crippen molar-refractivity contribution in [3.05, 3.63) is 59.1 Å². The van der Waals surface area contributed by atoms with Gasteiger partial charge < -0.3 is 14.3 Å². The van der Waals surface area contributed by atoms with Crippen molar-refractivity contribution < 1.29 is 9.21 Å². The summed E-state index contributed by atoms with van der Waals surface area (Å²) in [6.45, 7) is 2.65. The Morgan fingerprint density at radius 2 is 2.15 bits per heavy atom. The van der Waals surface area contributed by atoms with Crippen molar-refractivity contribution in [2.45, 2.75) is 25.8 Å². The summed E-state index contributed by atoms with van der Waals surface area (Å²) in [5, 5.41) is 0.736. The van der Waals surface area contributed by atoms with Crippen LogP contribution in [0.25, 0.3) is 21.8 Å². The summed E-state index contributed by atoms with van der Waals surface area (Å²) in [7, 11) is 0. The lowest BCUT2D eigenvalue weighted by atomic mass is 10.2. The average molecular weight is 378 g/mol. The first-order chi connectivity index (χ1) is 13.2. The fourth-order valence-corrected chi connectivity index (χ4v) is 4.53. The number of carbonyl (C=O) groups is 1. The van der Waals surface area contributed by atoms with Gasteiger partial charge in [0.15, 0.2) is 10.8 Å². The third-order valence-corrected chi connectivity index (χ3v) is 5.95. The van der Waals surface area contributed by atoms with Gasteiger partial charge in [0, 0.05) is 11.4 Å². The second kappa shape index (κ2) is 6.35. The molecule has 136 valence electrons. The first kappa shape index (κ1) is 16.3. The van der Waals surface area contributed by atoms with Gasteiger partial charge in [-0.05, 0) is 44.0 Å². The zero-order chi connectivity index (χ0) is 18.4. The molecule has 1 fully saturated rings. The maximum atomic E-state index is 13.2. The number of imidazole rings is 1. The highest BCUT2D eigenvalue weighted by atomic mass is 32.1. The lowest BCUT2D eigenvalue weighted by molar-refractivity contribution is 0.0725. The van der Waals surface area contributed by atoms with Crippen LogP contribution in [0.15, 0.2) is 47.1 Å². The topological polar surface area (TPSA) is 75.0 Å². The number of carbonyl (C=O) groups excluding carboxylic acids is 1. The van der Waals surface area contributed by atoms with Crippen LogP contribution in [0.3, 0.4) is 0 Å². The molecule has 27 heavy (non-hydrogen) atoms. The number of hydrogen-bond donors (Lipinski definition) is 1. The molecule has 1 N–H and O–H groups in total. The molecule has 0 aliphatic carbocycles. The lowest BCUT2D eigenvalue weighted by Crippen LogP contribution is -2.31. The first-order valence-electron chi connectivity index (χ1n) is 8.97. The molecule has 4 aromatic rings. The first-order valence-corrected chi connectivity index (χ1v) is 9.79. The number of rotatable bonds is 3. The molecule has 1 aromatic carbocycles. The van der Waals surface area contributed by atoms with E-state index in [-0.39, 0.29) is 11.9 Å². The van der Waals surface area contributed by atoms with E-state index in [9.17, 15) is 4.79 Å². The normalized spacial score (nSPS) is 17.1. The van der Waals surface area contributed by atoms with Gasteiger partial charge in [-0.2, -0.15) is 0 Å². The van der Waals surface area contributed by atoms with Gasteiger partial charge in [0.1, 0.15) is 11.5 Å². The fourth-order valence-electron chi connectivity index (χ4n) is 3.66. The van der Waals surface area contributed by atoms with Crippen LogP contribution in [-0.4, -0.2) is 32.3 Å². The number of H-pyrrole nitrogens is 1. The predicted octanol–water partition coefficient (Wildman–Crippen LogP) is 4.57. The van der Waals surface area contributed by atoms with E-state index in [1.165, 1.54) is 11.3 Å². The number of thiazole rings is 1. The summed E-state index contributed by atoms with van der Waals surface area (Å²) < 4.78 is 5.43. The van der Waals surface area contributed by atoms with E-state index in [1.54, 1.807) is 6.26 Å². The molecule has 0 spiro atoms. The van der Waals surface area contributed by atoms with Gasteiger partial charge in [-0.25, -0.2) is 9.97 Å². The van der Waals surface area contributed by atoms with Crippen molar-refractivity contribution in [1.82, 2.24) is 19.9 Å². The van der Waals surface area contributed by atoms with Gasteiger partial charge in [0.05, 0.1) is 23.3 Å². The van der Waals surface area contributed by atoms with E-state index in [0.717, 1.165) is 39.6 Å². The van der Waals surface area contributed by atoms with E-state index < -0.39 is 0 Å². The van der Waals surface area contributed by atoms with Crippen molar-refractivity contribution in [2.75, 3.05) is 6.54 Å². The molecule has 1 atom stereocenters. The predicted molar refractivity (Wildman–Crippen MR) is 104 cm³/mol. The van der Waals surface area contributed by atoms with Gasteiger partial charge >= 0.3 is 0 Å². The monoisotopic (exact) mass is 378 g/mol. The van der Waals surface area contributed by atoms with Crippen LogP contribution in [-0.2, 0) is 0 Å². The summed E-state index contributed by atoms with van der Waals surface area (Å²) >= 11 is 1.48. The summed E-state index contributed by atoms with van der Waals surface area (Å²) in [4.78, 5) is 28.7. The maximum absolute atomic E-state index is 13.2. The Morgan fingerprint density at radius 3 is 2.96 bits per heavy atom. The highest BCUT2D eigenvalue weighted by Crippen LogP contribution is 2.35. The average Bonchev–Trinajstić information content (AvgIpc) is 3.45. The second-order valence-corrected chi connectivity index (χ2v) is 7.90. The number of fused-ring (bicyclic) bond motifs is 1. The van der Waals surface area contributed by atoms with E-state index in [1.807, 2.05) is 48.2 Å². The van der Waals surface area contributed by atoms with E-state index >= 15 is 0 Å². The largest absolute Gasteiger partial charge is 0.462 e. The molecule has 6 nitrogen and oxygen atoms in total. The van der Waals surface area contributed by atoms with Crippen molar-refractivity contribution in [3.63, 3.8) is 0 Å². The summed E-state index contributed by atoms with van der Waals surface area (Å²) in [5.41, 5.74) is 2.43. The standard InChI is InChI=1S/C20H18N4O2S/c1-12-17(23-19(27-12)16-9-5-11-26-16)20(25)24-10-4-8-15(24)18-21-13-6-2-3-7-14(13)22-18/h2-3,5-7,9,11,15H,4,8,10H2,1H3,(H,21,22). The molecule has 0 bridgehead atoms. The number of benzene rings is 1. The Kier molecular flexibility index (Phi) is 3.82. The number of hydrogen-bond acceptors (Lipinski definition) is 5. The number of nitrogens with one attached hydrogen (secondary N) is 1. The molecule has 1 unspecified atom stereocenters. The van der Waals surface area contributed by atoms with Gasteiger partial charge in [-0.1, -0.05) is 12.1 Å².